The highest BCUT2D eigenvalue weighted by Crippen LogP contribution is 2.36. The number of fused-ring (bicyclic) bond motifs is 1. The summed E-state index contributed by atoms with van der Waals surface area (Å²) < 4.78 is 62.5. The molecule has 2 aliphatic carbocycles. The van der Waals surface area contributed by atoms with Crippen molar-refractivity contribution in [2.75, 3.05) is 10.5 Å². The maximum atomic E-state index is 12.3. The lowest BCUT2D eigenvalue weighted by Crippen LogP contribution is -2.16. The molecule has 0 amide bonds. The van der Waals surface area contributed by atoms with E-state index in [4.69, 9.17) is 11.6 Å². The molecule has 0 bridgehead atoms. The topological polar surface area (TPSA) is 103 Å². The Labute approximate surface area is 194 Å². The number of halogens is 1. The summed E-state index contributed by atoms with van der Waals surface area (Å²) in [6.45, 7) is 4.06. The van der Waals surface area contributed by atoms with Crippen LogP contribution in [0, 0.1) is 0 Å². The molecule has 3 rings (SSSR count). The van der Waals surface area contributed by atoms with Gasteiger partial charge in [0.2, 0.25) is 10.0 Å². The number of rotatable bonds is 9. The molecule has 6 nitrogen and oxygen atoms in total. The van der Waals surface area contributed by atoms with Gasteiger partial charge in [0, 0.05) is 10.7 Å². The largest absolute Gasteiger partial charge is 0.744 e. The van der Waals surface area contributed by atoms with E-state index in [2.05, 4.69) is 4.72 Å². The van der Waals surface area contributed by atoms with E-state index in [-0.39, 0.29) is 16.6 Å². The molecule has 9 heteroatoms. The van der Waals surface area contributed by atoms with Gasteiger partial charge in [-0.2, -0.15) is 0 Å². The van der Waals surface area contributed by atoms with Gasteiger partial charge < -0.3 is 4.55 Å². The van der Waals surface area contributed by atoms with Gasteiger partial charge in [0.25, 0.3) is 0 Å². The fraction of sp³-hybridized carbons (Fsp3) is 0.304. The number of benzene rings is 1. The Morgan fingerprint density at radius 3 is 2.12 bits per heavy atom. The quantitative estimate of drug-likeness (QED) is 0.323. The first-order valence-electron chi connectivity index (χ1n) is 10.2. The highest BCUT2D eigenvalue weighted by molar-refractivity contribution is 7.92. The van der Waals surface area contributed by atoms with Crippen LogP contribution >= 0.6 is 11.6 Å². The smallest absolute Gasteiger partial charge is 0.232 e. The van der Waals surface area contributed by atoms with Crippen LogP contribution in [0.5, 0.6) is 0 Å². The molecule has 1 N–H and O–H groups in total. The molecular formula is C23H25ClNO5S2-. The van der Waals surface area contributed by atoms with Gasteiger partial charge >= 0.3 is 0 Å². The molecule has 0 saturated heterocycles. The summed E-state index contributed by atoms with van der Waals surface area (Å²) >= 11 is 5.81. The van der Waals surface area contributed by atoms with Gasteiger partial charge in [0.1, 0.15) is 10.1 Å². The van der Waals surface area contributed by atoms with Crippen LogP contribution in [-0.2, 0) is 26.6 Å². The molecule has 0 radical (unpaired) electrons. The SMILES string of the molecule is CC(C)c1ccc2c(CCCCS(=O)(=O)Nc3ccc(Cl)cc3)cc(S(=O)(=O)[O-])c-2cc1. The van der Waals surface area contributed by atoms with Crippen LogP contribution in [0.2, 0.25) is 5.02 Å². The van der Waals surface area contributed by atoms with Crippen molar-refractivity contribution in [1.82, 2.24) is 0 Å². The first kappa shape index (κ1) is 24.5. The van der Waals surface area contributed by atoms with Crippen molar-refractivity contribution in [3.05, 3.63) is 70.7 Å². The van der Waals surface area contributed by atoms with Crippen molar-refractivity contribution in [3.8, 4) is 11.1 Å². The Morgan fingerprint density at radius 1 is 0.906 bits per heavy atom. The van der Waals surface area contributed by atoms with Crippen molar-refractivity contribution in [1.29, 1.82) is 0 Å². The average molecular weight is 495 g/mol. The Balaban J connectivity index is 1.72. The first-order chi connectivity index (χ1) is 15.0. The predicted octanol–water partition coefficient (Wildman–Crippen LogP) is 5.24. The van der Waals surface area contributed by atoms with E-state index in [1.54, 1.807) is 30.3 Å². The number of unbranched alkanes of at least 4 members (excludes halogenated alkanes) is 1. The van der Waals surface area contributed by atoms with Crippen molar-refractivity contribution < 1.29 is 21.4 Å². The van der Waals surface area contributed by atoms with Gasteiger partial charge in [-0.1, -0.05) is 49.7 Å². The standard InChI is InChI=1S/C23H26ClNO5S2/c1-16(2)17-6-12-21-18(15-23(32(28,29)30)22(21)13-7-17)5-3-4-14-31(26,27)25-20-10-8-19(24)9-11-20/h6-13,15-16,25H,3-5,14H2,1-2H3,(H,28,29,30)/p-1. The molecule has 0 spiro atoms. The number of anilines is 1. The number of aryl methyl sites for hydroxylation is 1. The third-order valence-corrected chi connectivity index (χ3v) is 7.76. The van der Waals surface area contributed by atoms with Gasteiger partial charge in [-0.25, -0.2) is 16.8 Å². The summed E-state index contributed by atoms with van der Waals surface area (Å²) in [5.74, 6) is 0.173. The molecule has 0 saturated carbocycles. The predicted molar refractivity (Wildman–Crippen MR) is 127 cm³/mol. The molecule has 1 aromatic carbocycles. The molecule has 0 heterocycles. The number of sulfonamides is 1. The van der Waals surface area contributed by atoms with Gasteiger partial charge in [-0.15, -0.1) is 0 Å². The first-order valence-corrected chi connectivity index (χ1v) is 13.7. The molecule has 32 heavy (non-hydrogen) atoms. The second kappa shape index (κ2) is 9.79. The second-order valence-corrected chi connectivity index (χ2v) is 11.6. The Hall–Kier alpha value is -2.13. The van der Waals surface area contributed by atoms with E-state index < -0.39 is 20.1 Å². The molecule has 2 aliphatic rings. The van der Waals surface area contributed by atoms with E-state index in [1.165, 1.54) is 6.07 Å². The van der Waals surface area contributed by atoms with E-state index in [1.807, 2.05) is 32.0 Å². The number of nitrogens with one attached hydrogen (secondary N) is 1. The van der Waals surface area contributed by atoms with Crippen LogP contribution in [0.3, 0.4) is 0 Å². The van der Waals surface area contributed by atoms with Crippen molar-refractivity contribution in [2.45, 2.75) is 43.9 Å². The van der Waals surface area contributed by atoms with Crippen molar-refractivity contribution in [3.63, 3.8) is 0 Å². The summed E-state index contributed by atoms with van der Waals surface area (Å²) in [5, 5.41) is 0.517. The Bertz CT molecular complexity index is 1270. The fourth-order valence-electron chi connectivity index (χ4n) is 3.56. The minimum atomic E-state index is -4.63. The molecule has 1 aromatic rings. The lowest BCUT2D eigenvalue weighted by molar-refractivity contribution is 0.463. The van der Waals surface area contributed by atoms with E-state index >= 15 is 0 Å². The van der Waals surface area contributed by atoms with E-state index in [9.17, 15) is 21.4 Å². The highest BCUT2D eigenvalue weighted by Gasteiger charge is 2.19. The third-order valence-electron chi connectivity index (χ3n) is 5.25. The molecule has 0 fully saturated rings. The minimum absolute atomic E-state index is 0.0771. The van der Waals surface area contributed by atoms with Crippen LogP contribution in [0.4, 0.5) is 5.69 Å². The highest BCUT2D eigenvalue weighted by atomic mass is 35.5. The van der Waals surface area contributed by atoms with Crippen LogP contribution in [0.25, 0.3) is 11.1 Å². The van der Waals surface area contributed by atoms with Crippen molar-refractivity contribution in [2.24, 2.45) is 0 Å². The summed E-state index contributed by atoms with van der Waals surface area (Å²) in [7, 11) is -8.16. The number of hydrogen-bond donors (Lipinski definition) is 1. The summed E-state index contributed by atoms with van der Waals surface area (Å²) in [6.07, 6.45) is 1.36. The monoisotopic (exact) mass is 494 g/mol. The number of hydrogen-bond acceptors (Lipinski definition) is 5. The fourth-order valence-corrected chi connectivity index (χ4v) is 5.60. The molecule has 0 aromatic heterocycles. The van der Waals surface area contributed by atoms with Gasteiger partial charge in [-0.05, 0) is 77.8 Å². The Kier molecular flexibility index (Phi) is 7.50. The normalized spacial score (nSPS) is 12.4. The zero-order chi connectivity index (χ0) is 23.5. The van der Waals surface area contributed by atoms with E-state index in [0.29, 0.717) is 41.1 Å². The lowest BCUT2D eigenvalue weighted by atomic mass is 10.0. The maximum absolute atomic E-state index is 12.3. The van der Waals surface area contributed by atoms with Crippen LogP contribution in [0.15, 0.2) is 59.5 Å². The Morgan fingerprint density at radius 2 is 1.53 bits per heavy atom. The van der Waals surface area contributed by atoms with E-state index in [0.717, 1.165) is 11.1 Å². The van der Waals surface area contributed by atoms with Gasteiger partial charge in [0.15, 0.2) is 0 Å². The zero-order valence-electron chi connectivity index (χ0n) is 17.8. The lowest BCUT2D eigenvalue weighted by Gasteiger charge is -2.08. The molecular weight excluding hydrogens is 470 g/mol. The van der Waals surface area contributed by atoms with Crippen LogP contribution in [0.1, 0.15) is 43.7 Å². The summed E-state index contributed by atoms with van der Waals surface area (Å²) in [6, 6.07) is 15.1. The van der Waals surface area contributed by atoms with Gasteiger partial charge in [0.05, 0.1) is 10.6 Å². The molecule has 0 atom stereocenters. The summed E-state index contributed by atoms with van der Waals surface area (Å²) in [5.41, 5.74) is 3.30. The minimum Gasteiger partial charge on any atom is -0.744 e. The van der Waals surface area contributed by atoms with Crippen LogP contribution < -0.4 is 4.72 Å². The maximum Gasteiger partial charge on any atom is 0.232 e. The summed E-state index contributed by atoms with van der Waals surface area (Å²) in [4.78, 5) is -0.231. The third kappa shape index (κ3) is 6.22. The second-order valence-electron chi connectivity index (χ2n) is 8.02. The average Bonchev–Trinajstić information content (AvgIpc) is 2.90. The zero-order valence-corrected chi connectivity index (χ0v) is 20.2. The molecule has 172 valence electrons. The van der Waals surface area contributed by atoms with Gasteiger partial charge in [-0.3, -0.25) is 4.72 Å². The van der Waals surface area contributed by atoms with Crippen LogP contribution in [-0.4, -0.2) is 27.1 Å². The van der Waals surface area contributed by atoms with Crippen molar-refractivity contribution >= 4 is 37.4 Å². The molecule has 0 aliphatic heterocycles. The molecule has 0 unspecified atom stereocenters.